The van der Waals surface area contributed by atoms with Gasteiger partial charge in [-0.2, -0.15) is 10.5 Å². The van der Waals surface area contributed by atoms with Crippen LogP contribution >= 0.6 is 0 Å². The summed E-state index contributed by atoms with van der Waals surface area (Å²) >= 11 is 0. The van der Waals surface area contributed by atoms with E-state index in [-0.39, 0.29) is 16.8 Å². The second kappa shape index (κ2) is 7.70. The number of nitrogens with zero attached hydrogens (tertiary/aromatic N) is 3. The summed E-state index contributed by atoms with van der Waals surface area (Å²) in [5.41, 5.74) is 3.27. The van der Waals surface area contributed by atoms with Crippen LogP contribution in [0.1, 0.15) is 43.9 Å². The van der Waals surface area contributed by atoms with Crippen molar-refractivity contribution >= 4 is 43.7 Å². The highest BCUT2D eigenvalue weighted by atomic mass is 19.1. The van der Waals surface area contributed by atoms with E-state index in [4.69, 9.17) is 4.42 Å². The molecule has 174 valence electrons. The summed E-state index contributed by atoms with van der Waals surface area (Å²) in [7, 11) is 0. The van der Waals surface area contributed by atoms with Crippen molar-refractivity contribution in [3.63, 3.8) is 0 Å². The highest BCUT2D eigenvalue weighted by molar-refractivity contribution is 6.23. The monoisotopic (exact) mass is 471 g/mol. The summed E-state index contributed by atoms with van der Waals surface area (Å²) in [6, 6.07) is 25.5. The van der Waals surface area contributed by atoms with Crippen LogP contribution in [0.3, 0.4) is 0 Å². The van der Waals surface area contributed by atoms with Gasteiger partial charge >= 0.3 is 0 Å². The van der Waals surface area contributed by atoms with Crippen molar-refractivity contribution < 1.29 is 8.81 Å². The van der Waals surface area contributed by atoms with Crippen molar-refractivity contribution in [1.29, 1.82) is 10.5 Å². The fourth-order valence-electron chi connectivity index (χ4n) is 5.23. The maximum absolute atomic E-state index is 16.0. The highest BCUT2D eigenvalue weighted by Crippen LogP contribution is 2.42. The van der Waals surface area contributed by atoms with E-state index < -0.39 is 11.2 Å². The number of hydrogen-bond acceptors (Lipinski definition) is 3. The minimum atomic E-state index is -0.575. The van der Waals surface area contributed by atoms with Crippen LogP contribution in [0.2, 0.25) is 0 Å². The molecule has 2 aromatic heterocycles. The van der Waals surface area contributed by atoms with Crippen molar-refractivity contribution in [2.45, 2.75) is 32.6 Å². The third-order valence-corrected chi connectivity index (χ3v) is 7.49. The molecule has 0 N–H and O–H groups in total. The molecular formula is C31H22FN3O. The molecule has 0 radical (unpaired) electrons. The number of para-hydroxylation sites is 2. The molecule has 0 atom stereocenters. The standard InChI is InChI=1S/C31H22FN3O/c1-4-31(2,3)23-15-18(16-33)29(22(17-34)28(23)32)35-24-11-7-5-10-21(24)27-25(35)14-13-20-19-9-6-8-12-26(19)36-30(20)27/h5-15H,4H2,1-3H3. The molecule has 6 rings (SSSR count). The number of halogens is 1. The summed E-state index contributed by atoms with van der Waals surface area (Å²) in [5, 5.41) is 24.1. The molecule has 6 aromatic rings. The number of rotatable bonds is 3. The molecule has 4 aromatic carbocycles. The SMILES string of the molecule is CCC(C)(C)c1cc(C#N)c(-n2c3ccccc3c3c4oc5ccccc5c4ccc32)c(C#N)c1F. The fourth-order valence-corrected chi connectivity index (χ4v) is 5.23. The quantitative estimate of drug-likeness (QED) is 0.261. The molecule has 0 bridgehead atoms. The molecular weight excluding hydrogens is 449 g/mol. The number of hydrogen-bond donors (Lipinski definition) is 0. The molecule has 0 amide bonds. The lowest BCUT2D eigenvalue weighted by Crippen LogP contribution is -2.20. The Morgan fingerprint density at radius 2 is 1.61 bits per heavy atom. The molecule has 0 saturated heterocycles. The highest BCUT2D eigenvalue weighted by Gasteiger charge is 2.30. The number of benzene rings is 4. The van der Waals surface area contributed by atoms with Crippen molar-refractivity contribution in [3.05, 3.63) is 89.2 Å². The van der Waals surface area contributed by atoms with E-state index in [1.165, 1.54) is 0 Å². The smallest absolute Gasteiger partial charge is 0.146 e. The molecule has 36 heavy (non-hydrogen) atoms. The van der Waals surface area contributed by atoms with Crippen molar-refractivity contribution in [3.8, 4) is 17.8 Å². The van der Waals surface area contributed by atoms with E-state index in [2.05, 4.69) is 12.1 Å². The average molecular weight is 472 g/mol. The molecule has 5 heteroatoms. The lowest BCUT2D eigenvalue weighted by Gasteiger charge is -2.26. The largest absolute Gasteiger partial charge is 0.455 e. The Balaban J connectivity index is 1.82. The summed E-state index contributed by atoms with van der Waals surface area (Å²) in [6.45, 7) is 5.81. The second-order valence-electron chi connectivity index (χ2n) is 9.76. The van der Waals surface area contributed by atoms with Gasteiger partial charge in [-0.3, -0.25) is 0 Å². The summed E-state index contributed by atoms with van der Waals surface area (Å²) in [6.07, 6.45) is 0.665. The Labute approximate surface area is 207 Å². The Morgan fingerprint density at radius 1 is 0.889 bits per heavy atom. The molecule has 0 aliphatic rings. The van der Waals surface area contributed by atoms with Gasteiger partial charge in [0.2, 0.25) is 0 Å². The molecule has 0 fully saturated rings. The van der Waals surface area contributed by atoms with Gasteiger partial charge in [-0.1, -0.05) is 57.2 Å². The minimum Gasteiger partial charge on any atom is -0.455 e. The maximum atomic E-state index is 16.0. The van der Waals surface area contributed by atoms with Gasteiger partial charge in [0.25, 0.3) is 0 Å². The van der Waals surface area contributed by atoms with Gasteiger partial charge in [-0.15, -0.1) is 0 Å². The van der Waals surface area contributed by atoms with Gasteiger partial charge in [0, 0.05) is 16.2 Å². The molecule has 0 unspecified atom stereocenters. The molecule has 0 aliphatic heterocycles. The van der Waals surface area contributed by atoms with E-state index in [1.807, 2.05) is 86.0 Å². The Kier molecular flexibility index (Phi) is 4.68. The first kappa shape index (κ1) is 21.9. The van der Waals surface area contributed by atoms with Crippen LogP contribution in [0.25, 0.3) is 49.4 Å². The third kappa shape index (κ3) is 2.84. The zero-order valence-corrected chi connectivity index (χ0v) is 20.2. The van der Waals surface area contributed by atoms with Crippen molar-refractivity contribution in [2.75, 3.05) is 0 Å². The lowest BCUT2D eigenvalue weighted by atomic mass is 9.80. The summed E-state index contributed by atoms with van der Waals surface area (Å²) in [4.78, 5) is 0. The summed E-state index contributed by atoms with van der Waals surface area (Å²) < 4.78 is 24.1. The van der Waals surface area contributed by atoms with E-state index >= 15 is 4.39 Å². The maximum Gasteiger partial charge on any atom is 0.146 e. The topological polar surface area (TPSA) is 65.7 Å². The molecule has 0 spiro atoms. The summed E-state index contributed by atoms with van der Waals surface area (Å²) in [5.74, 6) is -0.575. The van der Waals surface area contributed by atoms with Gasteiger partial charge in [-0.25, -0.2) is 4.39 Å². The van der Waals surface area contributed by atoms with Crippen LogP contribution in [0, 0.1) is 28.5 Å². The first-order valence-corrected chi connectivity index (χ1v) is 11.9. The van der Waals surface area contributed by atoms with Crippen LogP contribution < -0.4 is 0 Å². The molecule has 0 aliphatic carbocycles. The zero-order chi connectivity index (χ0) is 25.2. The molecule has 4 nitrogen and oxygen atoms in total. The fraction of sp³-hybridized carbons (Fsp3) is 0.161. The van der Waals surface area contributed by atoms with Gasteiger partial charge in [0.05, 0.1) is 27.7 Å². The van der Waals surface area contributed by atoms with E-state index in [1.54, 1.807) is 6.07 Å². The normalized spacial score (nSPS) is 11.9. The van der Waals surface area contributed by atoms with Crippen LogP contribution in [0.15, 0.2) is 71.1 Å². The Morgan fingerprint density at radius 3 is 2.33 bits per heavy atom. The number of furan rings is 1. The van der Waals surface area contributed by atoms with Gasteiger partial charge in [0.15, 0.2) is 0 Å². The second-order valence-corrected chi connectivity index (χ2v) is 9.76. The first-order chi connectivity index (χ1) is 17.4. The third-order valence-electron chi connectivity index (χ3n) is 7.49. The Hall–Kier alpha value is -4.61. The van der Waals surface area contributed by atoms with E-state index in [0.717, 1.165) is 43.7 Å². The number of fused-ring (bicyclic) bond motifs is 7. The van der Waals surface area contributed by atoms with E-state index in [0.29, 0.717) is 12.0 Å². The van der Waals surface area contributed by atoms with Crippen LogP contribution in [-0.4, -0.2) is 4.57 Å². The van der Waals surface area contributed by atoms with Crippen LogP contribution in [0.5, 0.6) is 0 Å². The predicted octanol–water partition coefficient (Wildman–Crippen LogP) is 8.25. The van der Waals surface area contributed by atoms with Crippen molar-refractivity contribution in [1.82, 2.24) is 4.57 Å². The Bertz CT molecular complexity index is 1940. The minimum absolute atomic E-state index is 0.127. The van der Waals surface area contributed by atoms with Gasteiger partial charge < -0.3 is 8.98 Å². The first-order valence-electron chi connectivity index (χ1n) is 11.9. The van der Waals surface area contributed by atoms with E-state index in [9.17, 15) is 10.5 Å². The van der Waals surface area contributed by atoms with Gasteiger partial charge in [0.1, 0.15) is 34.7 Å². The van der Waals surface area contributed by atoms with Gasteiger partial charge in [-0.05, 0) is 47.7 Å². The van der Waals surface area contributed by atoms with Crippen LogP contribution in [-0.2, 0) is 5.41 Å². The number of aromatic nitrogens is 1. The molecule has 0 saturated carbocycles. The predicted molar refractivity (Wildman–Crippen MR) is 141 cm³/mol. The zero-order valence-electron chi connectivity index (χ0n) is 20.2. The lowest BCUT2D eigenvalue weighted by molar-refractivity contribution is 0.468. The van der Waals surface area contributed by atoms with Crippen molar-refractivity contribution in [2.24, 2.45) is 0 Å². The number of nitriles is 2. The molecule has 2 heterocycles. The average Bonchev–Trinajstić information content (AvgIpc) is 3.43. The van der Waals surface area contributed by atoms with Crippen LogP contribution in [0.4, 0.5) is 4.39 Å².